The lowest BCUT2D eigenvalue weighted by Crippen LogP contribution is -2.51. The van der Waals surface area contributed by atoms with Crippen molar-refractivity contribution in [1.29, 1.82) is 0 Å². The molecule has 60 heavy (non-hydrogen) atoms. The van der Waals surface area contributed by atoms with Crippen LogP contribution in [-0.4, -0.2) is 25.4 Å². The van der Waals surface area contributed by atoms with Gasteiger partial charge in [0.2, 0.25) is 0 Å². The number of allylic oxidation sites excluding steroid dienone is 2. The van der Waals surface area contributed by atoms with Gasteiger partial charge in [-0.1, -0.05) is 141 Å². The molecule has 340 valence electrons. The van der Waals surface area contributed by atoms with E-state index in [4.69, 9.17) is 9.47 Å². The third-order valence-electron chi connectivity index (χ3n) is 20.7. The Bertz CT molecular complexity index is 1220. The maximum atomic E-state index is 7.15. The van der Waals surface area contributed by atoms with Crippen LogP contribution < -0.4 is 0 Å². The zero-order chi connectivity index (χ0) is 40.7. The van der Waals surface area contributed by atoms with Crippen molar-refractivity contribution in [3.05, 3.63) is 24.3 Å². The third-order valence-corrected chi connectivity index (χ3v) is 20.7. The predicted octanol–water partition coefficient (Wildman–Crippen LogP) is 16.4. The van der Waals surface area contributed by atoms with E-state index in [2.05, 4.69) is 38.2 Å². The largest absolute Gasteiger partial charge is 0.378 e. The summed E-state index contributed by atoms with van der Waals surface area (Å²) in [7, 11) is 0. The van der Waals surface area contributed by atoms with E-state index in [-0.39, 0.29) is 0 Å². The van der Waals surface area contributed by atoms with Gasteiger partial charge in [0.25, 0.3) is 0 Å². The molecule has 0 amide bonds. The minimum Gasteiger partial charge on any atom is -0.378 e. The minimum absolute atomic E-state index is 0.345. The number of rotatable bonds is 20. The van der Waals surface area contributed by atoms with Crippen LogP contribution in [0.3, 0.4) is 0 Å². The number of hydrogen-bond donors (Lipinski definition) is 0. The zero-order valence-corrected chi connectivity index (χ0v) is 39.6. The van der Waals surface area contributed by atoms with Gasteiger partial charge in [-0.15, -0.1) is 0 Å². The van der Waals surface area contributed by atoms with E-state index < -0.39 is 0 Å². The smallest absolute Gasteiger partial charge is 0.0645 e. The molecule has 9 aliphatic carbocycles. The molecule has 0 aromatic heterocycles. The van der Waals surface area contributed by atoms with Crippen molar-refractivity contribution in [3.8, 4) is 0 Å². The molecule has 18 unspecified atom stereocenters. The molecule has 9 rings (SSSR count). The van der Waals surface area contributed by atoms with Crippen molar-refractivity contribution in [2.45, 2.75) is 232 Å². The molecule has 0 radical (unpaired) electrons. The summed E-state index contributed by atoms with van der Waals surface area (Å²) in [5.41, 5.74) is 0. The van der Waals surface area contributed by atoms with Crippen LogP contribution in [0.1, 0.15) is 219 Å². The summed E-state index contributed by atoms with van der Waals surface area (Å²) in [4.78, 5) is 0. The normalized spacial score (nSPS) is 44.8. The summed E-state index contributed by atoms with van der Waals surface area (Å²) >= 11 is 0. The van der Waals surface area contributed by atoms with Crippen molar-refractivity contribution < 1.29 is 9.47 Å². The summed E-state index contributed by atoms with van der Waals surface area (Å²) in [5, 5.41) is 0. The fraction of sp³-hybridized carbons (Fsp3) is 0.931. The lowest BCUT2D eigenvalue weighted by Gasteiger charge is -2.59. The van der Waals surface area contributed by atoms with Crippen LogP contribution in [0.25, 0.3) is 0 Å². The van der Waals surface area contributed by atoms with Gasteiger partial charge in [0, 0.05) is 25.0 Å². The van der Waals surface area contributed by atoms with E-state index in [1.54, 1.807) is 64.2 Å². The Morgan fingerprint density at radius 1 is 0.333 bits per heavy atom. The quantitative estimate of drug-likeness (QED) is 0.0899. The Morgan fingerprint density at radius 2 is 0.667 bits per heavy atom. The topological polar surface area (TPSA) is 18.5 Å². The first kappa shape index (κ1) is 44.6. The molecule has 0 heterocycles. The highest BCUT2D eigenvalue weighted by Gasteiger charge is 2.54. The number of ether oxygens (including phenoxy) is 2. The summed E-state index contributed by atoms with van der Waals surface area (Å²) < 4.78 is 14.3. The van der Waals surface area contributed by atoms with Crippen molar-refractivity contribution in [3.63, 3.8) is 0 Å². The Morgan fingerprint density at radius 3 is 1.08 bits per heavy atom. The maximum Gasteiger partial charge on any atom is 0.0645 e. The Labute approximate surface area is 371 Å². The number of hydrogen-bond acceptors (Lipinski definition) is 2. The standard InChI is InChI=1S/C58H96O2/c1-3-5-7-9-11-13-37-59-53-39-50(32-24-42-22-26-48-30-28-44-18-16-20-46-34-36-52(42)58(48)56(44)46)54(60-38-14-12-10-8-6-4-2)40-49(53)31-23-41-21-25-47-29-27-43-17-15-19-45-33-35-51(41)57(47)55(43)45/h23-24,31-32,41-58H,3-22,25-30,33-40H2,1-2H3/b31-23+,32-24+. The molecule has 0 N–H and O–H groups in total. The van der Waals surface area contributed by atoms with E-state index in [1.165, 1.54) is 141 Å². The summed E-state index contributed by atoms with van der Waals surface area (Å²) in [6, 6.07) is 0. The second-order valence-corrected chi connectivity index (χ2v) is 23.8. The Kier molecular flexibility index (Phi) is 16.4. The third kappa shape index (κ3) is 10.3. The van der Waals surface area contributed by atoms with Gasteiger partial charge < -0.3 is 9.47 Å². The first-order valence-corrected chi connectivity index (χ1v) is 28.3. The molecule has 0 bridgehead atoms. The fourth-order valence-corrected chi connectivity index (χ4v) is 17.9. The molecule has 0 aromatic carbocycles. The SMILES string of the molecule is CCCCCCCCOC1CC(/C=C/C2CCC3CCC4CCCC5CCC2C3C45)C(OCCCCCCCC)CC1/C=C/C1CCC2CCC3CCCC4CCC1C2C34. The van der Waals surface area contributed by atoms with Crippen molar-refractivity contribution in [1.82, 2.24) is 0 Å². The molecule has 9 fully saturated rings. The van der Waals surface area contributed by atoms with E-state index in [1.807, 2.05) is 0 Å². The highest BCUT2D eigenvalue weighted by molar-refractivity contribution is 5.12. The van der Waals surface area contributed by atoms with E-state index in [0.29, 0.717) is 24.0 Å². The fourth-order valence-electron chi connectivity index (χ4n) is 17.9. The Balaban J connectivity index is 0.908. The van der Waals surface area contributed by atoms with Gasteiger partial charge in [-0.3, -0.25) is 0 Å². The highest BCUT2D eigenvalue weighted by atomic mass is 16.5. The molecular formula is C58H96O2. The van der Waals surface area contributed by atoms with E-state index in [0.717, 1.165) is 96.1 Å². The van der Waals surface area contributed by atoms with Crippen molar-refractivity contribution in [2.24, 2.45) is 94.7 Å². The van der Waals surface area contributed by atoms with Crippen LogP contribution in [0.15, 0.2) is 24.3 Å². The lowest BCUT2D eigenvalue weighted by atomic mass is 9.46. The van der Waals surface area contributed by atoms with Gasteiger partial charge in [0.05, 0.1) is 12.2 Å². The van der Waals surface area contributed by atoms with Gasteiger partial charge in [0.1, 0.15) is 0 Å². The van der Waals surface area contributed by atoms with Gasteiger partial charge in [0.15, 0.2) is 0 Å². The van der Waals surface area contributed by atoms with Crippen LogP contribution in [-0.2, 0) is 9.47 Å². The average Bonchev–Trinajstić information content (AvgIpc) is 3.29. The van der Waals surface area contributed by atoms with Gasteiger partial charge in [-0.2, -0.15) is 0 Å². The zero-order valence-electron chi connectivity index (χ0n) is 39.6. The monoisotopic (exact) mass is 825 g/mol. The van der Waals surface area contributed by atoms with Gasteiger partial charge in [-0.25, -0.2) is 0 Å². The molecule has 18 atom stereocenters. The molecular weight excluding hydrogens is 729 g/mol. The average molecular weight is 825 g/mol. The second kappa shape index (κ2) is 22.1. The molecule has 2 nitrogen and oxygen atoms in total. The van der Waals surface area contributed by atoms with Crippen LogP contribution in [0.4, 0.5) is 0 Å². The maximum absolute atomic E-state index is 7.15. The molecule has 0 saturated heterocycles. The summed E-state index contributed by atoms with van der Waals surface area (Å²) in [5.74, 6) is 15.2. The van der Waals surface area contributed by atoms with Crippen molar-refractivity contribution in [2.75, 3.05) is 13.2 Å². The van der Waals surface area contributed by atoms with Crippen LogP contribution in [0.2, 0.25) is 0 Å². The summed E-state index contributed by atoms with van der Waals surface area (Å²) in [6.07, 6.45) is 58.0. The predicted molar refractivity (Wildman–Crippen MR) is 253 cm³/mol. The van der Waals surface area contributed by atoms with Crippen LogP contribution in [0, 0.1) is 94.7 Å². The first-order valence-electron chi connectivity index (χ1n) is 28.3. The second-order valence-electron chi connectivity index (χ2n) is 23.8. The van der Waals surface area contributed by atoms with Gasteiger partial charge >= 0.3 is 0 Å². The van der Waals surface area contributed by atoms with E-state index >= 15 is 0 Å². The molecule has 2 heteroatoms. The molecule has 9 saturated carbocycles. The van der Waals surface area contributed by atoms with Crippen LogP contribution in [0.5, 0.6) is 0 Å². The lowest BCUT2D eigenvalue weighted by molar-refractivity contribution is -0.0900. The van der Waals surface area contributed by atoms with Crippen molar-refractivity contribution >= 4 is 0 Å². The molecule has 9 aliphatic rings. The van der Waals surface area contributed by atoms with Gasteiger partial charge in [-0.05, 0) is 186 Å². The van der Waals surface area contributed by atoms with Crippen LogP contribution >= 0.6 is 0 Å². The highest BCUT2D eigenvalue weighted by Crippen LogP contribution is 2.63. The molecule has 0 aromatic rings. The minimum atomic E-state index is 0.345. The summed E-state index contributed by atoms with van der Waals surface area (Å²) in [6.45, 7) is 6.59. The number of unbranched alkanes of at least 4 members (excludes halogenated alkanes) is 10. The van der Waals surface area contributed by atoms with E-state index in [9.17, 15) is 0 Å². The molecule has 0 spiro atoms. The first-order chi connectivity index (χ1) is 29.7. The molecule has 0 aliphatic heterocycles. The Hall–Kier alpha value is -0.600.